The molecule has 1 aliphatic rings. The summed E-state index contributed by atoms with van der Waals surface area (Å²) in [6.45, 7) is 5.35. The van der Waals surface area contributed by atoms with Gasteiger partial charge < -0.3 is 5.32 Å². The molecule has 1 heterocycles. The van der Waals surface area contributed by atoms with Crippen LogP contribution in [0.25, 0.3) is 0 Å². The predicted octanol–water partition coefficient (Wildman–Crippen LogP) is 1.74. The summed E-state index contributed by atoms with van der Waals surface area (Å²) >= 11 is 0. The second-order valence-electron chi connectivity index (χ2n) is 4.05. The van der Waals surface area contributed by atoms with Gasteiger partial charge in [0.25, 0.3) is 0 Å². The fourth-order valence-electron chi connectivity index (χ4n) is 1.56. The highest BCUT2D eigenvalue weighted by Gasteiger charge is 2.21. The molecule has 0 bridgehead atoms. The Morgan fingerprint density at radius 3 is 2.83 bits per heavy atom. The Kier molecular flexibility index (Phi) is 3.73. The topological polar surface area (TPSA) is 29.1 Å². The highest BCUT2D eigenvalue weighted by molar-refractivity contribution is 5.84. The van der Waals surface area contributed by atoms with Gasteiger partial charge in [0.2, 0.25) is 0 Å². The van der Waals surface area contributed by atoms with Crippen LogP contribution in [0.2, 0.25) is 0 Å². The zero-order valence-electron chi connectivity index (χ0n) is 8.10. The van der Waals surface area contributed by atoms with Crippen LogP contribution in [0.5, 0.6) is 0 Å². The lowest BCUT2D eigenvalue weighted by atomic mass is 10.0. The first-order chi connectivity index (χ1) is 5.70. The summed E-state index contributed by atoms with van der Waals surface area (Å²) in [7, 11) is 0. The molecule has 0 amide bonds. The molecule has 0 aromatic rings. The highest BCUT2D eigenvalue weighted by Crippen LogP contribution is 2.11. The van der Waals surface area contributed by atoms with Gasteiger partial charge in [0.1, 0.15) is 5.78 Å². The van der Waals surface area contributed by atoms with Crippen LogP contribution in [-0.4, -0.2) is 18.4 Å². The van der Waals surface area contributed by atoms with Crippen LogP contribution in [-0.2, 0) is 4.79 Å². The number of hydrogen-bond donors (Lipinski definition) is 1. The summed E-state index contributed by atoms with van der Waals surface area (Å²) in [5.41, 5.74) is 0. The van der Waals surface area contributed by atoms with Crippen LogP contribution in [0.15, 0.2) is 0 Å². The Hall–Kier alpha value is -0.370. The van der Waals surface area contributed by atoms with Crippen molar-refractivity contribution >= 4 is 5.78 Å². The van der Waals surface area contributed by atoms with Gasteiger partial charge in [0.15, 0.2) is 0 Å². The number of rotatable bonds is 4. The van der Waals surface area contributed by atoms with E-state index in [1.807, 2.05) is 0 Å². The third kappa shape index (κ3) is 2.94. The maximum absolute atomic E-state index is 11.5. The van der Waals surface area contributed by atoms with Gasteiger partial charge in [-0.1, -0.05) is 13.8 Å². The lowest BCUT2D eigenvalue weighted by Crippen LogP contribution is -2.30. The number of nitrogens with one attached hydrogen (secondary N) is 1. The van der Waals surface area contributed by atoms with Crippen molar-refractivity contribution in [2.24, 2.45) is 5.92 Å². The molecule has 12 heavy (non-hydrogen) atoms. The number of carbonyl (C=O) groups is 1. The van der Waals surface area contributed by atoms with Crippen molar-refractivity contribution in [3.63, 3.8) is 0 Å². The first kappa shape index (κ1) is 9.72. The van der Waals surface area contributed by atoms with Gasteiger partial charge in [0.05, 0.1) is 6.04 Å². The SMILES string of the molecule is CC(C)CCC(=O)[C@@H]1CCCN1. The molecule has 1 aliphatic heterocycles. The normalized spacial score (nSPS) is 23.4. The average molecular weight is 169 g/mol. The van der Waals surface area contributed by atoms with Crippen LogP contribution in [0.3, 0.4) is 0 Å². The molecule has 1 rings (SSSR count). The molecule has 0 aromatic carbocycles. The molecule has 1 N–H and O–H groups in total. The van der Waals surface area contributed by atoms with E-state index in [9.17, 15) is 4.79 Å². The molecule has 1 saturated heterocycles. The van der Waals surface area contributed by atoms with E-state index in [1.165, 1.54) is 0 Å². The Balaban J connectivity index is 2.18. The first-order valence-electron chi connectivity index (χ1n) is 4.96. The molecular formula is C10H19NO. The smallest absolute Gasteiger partial charge is 0.149 e. The maximum atomic E-state index is 11.5. The number of ketones is 1. The van der Waals surface area contributed by atoms with E-state index in [-0.39, 0.29) is 6.04 Å². The van der Waals surface area contributed by atoms with Crippen molar-refractivity contribution in [3.05, 3.63) is 0 Å². The van der Waals surface area contributed by atoms with Crippen LogP contribution < -0.4 is 5.32 Å². The van der Waals surface area contributed by atoms with Gasteiger partial charge in [-0.15, -0.1) is 0 Å². The maximum Gasteiger partial charge on any atom is 0.149 e. The summed E-state index contributed by atoms with van der Waals surface area (Å²) in [5.74, 6) is 1.07. The van der Waals surface area contributed by atoms with Crippen molar-refractivity contribution in [2.75, 3.05) is 6.54 Å². The molecule has 70 valence electrons. The van der Waals surface area contributed by atoms with E-state index in [0.29, 0.717) is 11.7 Å². The number of hydrogen-bond acceptors (Lipinski definition) is 2. The van der Waals surface area contributed by atoms with Gasteiger partial charge in [-0.05, 0) is 31.7 Å². The molecule has 0 radical (unpaired) electrons. The Morgan fingerprint density at radius 2 is 2.33 bits per heavy atom. The molecule has 1 atom stereocenters. The Bertz CT molecular complexity index is 148. The zero-order valence-corrected chi connectivity index (χ0v) is 8.10. The second-order valence-corrected chi connectivity index (χ2v) is 4.05. The molecule has 0 unspecified atom stereocenters. The minimum atomic E-state index is 0.184. The van der Waals surface area contributed by atoms with Gasteiger partial charge in [-0.2, -0.15) is 0 Å². The zero-order chi connectivity index (χ0) is 8.97. The quantitative estimate of drug-likeness (QED) is 0.694. The van der Waals surface area contributed by atoms with Gasteiger partial charge in [-0.3, -0.25) is 4.79 Å². The second kappa shape index (κ2) is 4.61. The summed E-state index contributed by atoms with van der Waals surface area (Å²) in [6, 6.07) is 0.184. The molecule has 0 aliphatic carbocycles. The average Bonchev–Trinajstić information content (AvgIpc) is 2.51. The summed E-state index contributed by atoms with van der Waals surface area (Å²) < 4.78 is 0. The minimum Gasteiger partial charge on any atom is -0.307 e. The third-order valence-electron chi connectivity index (χ3n) is 2.42. The molecule has 2 nitrogen and oxygen atoms in total. The van der Waals surface area contributed by atoms with Crippen molar-refractivity contribution in [1.82, 2.24) is 5.32 Å². The molecule has 0 saturated carbocycles. The Labute approximate surface area is 74.7 Å². The van der Waals surface area contributed by atoms with Gasteiger partial charge in [0, 0.05) is 6.42 Å². The standard InChI is InChI=1S/C10H19NO/c1-8(2)5-6-10(12)9-4-3-7-11-9/h8-9,11H,3-7H2,1-2H3/t9-/m0/s1. The van der Waals surface area contributed by atoms with Gasteiger partial charge >= 0.3 is 0 Å². The molecular weight excluding hydrogens is 150 g/mol. The van der Waals surface area contributed by atoms with Crippen LogP contribution in [0, 0.1) is 5.92 Å². The highest BCUT2D eigenvalue weighted by atomic mass is 16.1. The van der Waals surface area contributed by atoms with E-state index in [1.54, 1.807) is 0 Å². The van der Waals surface area contributed by atoms with E-state index in [4.69, 9.17) is 0 Å². The fraction of sp³-hybridized carbons (Fsp3) is 0.900. The van der Waals surface area contributed by atoms with Crippen molar-refractivity contribution in [2.45, 2.75) is 45.6 Å². The lowest BCUT2D eigenvalue weighted by molar-refractivity contribution is -0.120. The molecule has 2 heteroatoms. The molecule has 0 spiro atoms. The van der Waals surface area contributed by atoms with E-state index in [2.05, 4.69) is 19.2 Å². The van der Waals surface area contributed by atoms with E-state index in [0.717, 1.165) is 32.2 Å². The summed E-state index contributed by atoms with van der Waals surface area (Å²) in [6.07, 6.45) is 4.02. The van der Waals surface area contributed by atoms with Crippen molar-refractivity contribution in [3.8, 4) is 0 Å². The predicted molar refractivity (Wildman–Crippen MR) is 50.1 cm³/mol. The van der Waals surface area contributed by atoms with Gasteiger partial charge in [-0.25, -0.2) is 0 Å². The van der Waals surface area contributed by atoms with Crippen LogP contribution in [0.1, 0.15) is 39.5 Å². The molecule has 0 aromatic heterocycles. The third-order valence-corrected chi connectivity index (χ3v) is 2.42. The number of carbonyl (C=O) groups excluding carboxylic acids is 1. The lowest BCUT2D eigenvalue weighted by Gasteiger charge is -2.09. The van der Waals surface area contributed by atoms with E-state index < -0.39 is 0 Å². The van der Waals surface area contributed by atoms with Crippen LogP contribution in [0.4, 0.5) is 0 Å². The monoisotopic (exact) mass is 169 g/mol. The van der Waals surface area contributed by atoms with Crippen LogP contribution >= 0.6 is 0 Å². The Morgan fingerprint density at radius 1 is 1.58 bits per heavy atom. The minimum absolute atomic E-state index is 0.184. The van der Waals surface area contributed by atoms with Crippen molar-refractivity contribution in [1.29, 1.82) is 0 Å². The summed E-state index contributed by atoms with van der Waals surface area (Å²) in [5, 5.41) is 3.23. The van der Waals surface area contributed by atoms with E-state index >= 15 is 0 Å². The largest absolute Gasteiger partial charge is 0.307 e. The first-order valence-corrected chi connectivity index (χ1v) is 4.96. The summed E-state index contributed by atoms with van der Waals surface area (Å²) in [4.78, 5) is 11.5. The molecule has 1 fully saturated rings. The number of Topliss-reactive ketones (excluding diaryl/α,β-unsaturated/α-hetero) is 1. The fourth-order valence-corrected chi connectivity index (χ4v) is 1.56. The van der Waals surface area contributed by atoms with Crippen molar-refractivity contribution < 1.29 is 4.79 Å².